The molecule has 0 radical (unpaired) electrons. The van der Waals surface area contributed by atoms with E-state index in [9.17, 15) is 13.2 Å². The second kappa shape index (κ2) is 5.08. The van der Waals surface area contributed by atoms with Crippen LogP contribution in [0.5, 0.6) is 0 Å². The van der Waals surface area contributed by atoms with Gasteiger partial charge < -0.3 is 9.64 Å². The fraction of sp³-hybridized carbons (Fsp3) is 0.500. The van der Waals surface area contributed by atoms with Crippen molar-refractivity contribution in [2.45, 2.75) is 31.0 Å². The molecule has 1 unspecified atom stereocenters. The molecule has 2 aliphatic rings. The molecule has 0 bridgehead atoms. The number of fused-ring (bicyclic) bond motifs is 1. The highest BCUT2D eigenvalue weighted by Crippen LogP contribution is 2.31. The number of ether oxygens (including phenoxy) is 1. The molecule has 114 valence electrons. The molecule has 7 heteroatoms. The average molecular weight is 310 g/mol. The van der Waals surface area contributed by atoms with Crippen LogP contribution in [0.25, 0.3) is 0 Å². The SMILES string of the molecule is Cc1ccc(S(=O)(=O)N2C3COCCN3C(=O)[C@@H]2C)cc1. The van der Waals surface area contributed by atoms with E-state index in [2.05, 4.69) is 0 Å². The molecular weight excluding hydrogens is 292 g/mol. The van der Waals surface area contributed by atoms with Crippen molar-refractivity contribution < 1.29 is 17.9 Å². The van der Waals surface area contributed by atoms with Crippen molar-refractivity contribution in [1.29, 1.82) is 0 Å². The Hall–Kier alpha value is -1.44. The third kappa shape index (κ3) is 2.25. The first kappa shape index (κ1) is 14.5. The number of carbonyl (C=O) groups excluding carboxylic acids is 1. The van der Waals surface area contributed by atoms with Crippen molar-refractivity contribution in [1.82, 2.24) is 9.21 Å². The number of benzene rings is 1. The normalized spacial score (nSPS) is 27.0. The monoisotopic (exact) mass is 310 g/mol. The molecule has 0 N–H and O–H groups in total. The Labute approximate surface area is 124 Å². The van der Waals surface area contributed by atoms with Crippen LogP contribution in [-0.2, 0) is 19.6 Å². The van der Waals surface area contributed by atoms with E-state index in [0.29, 0.717) is 13.2 Å². The summed E-state index contributed by atoms with van der Waals surface area (Å²) in [5, 5.41) is 0. The zero-order valence-corrected chi connectivity index (χ0v) is 12.8. The molecule has 1 aromatic rings. The zero-order valence-electron chi connectivity index (χ0n) is 12.0. The van der Waals surface area contributed by atoms with Gasteiger partial charge >= 0.3 is 0 Å². The summed E-state index contributed by atoms with van der Waals surface area (Å²) in [6.45, 7) is 4.64. The van der Waals surface area contributed by atoms with Crippen LogP contribution in [0.15, 0.2) is 29.2 Å². The molecule has 3 rings (SSSR count). The van der Waals surface area contributed by atoms with Gasteiger partial charge in [-0.05, 0) is 26.0 Å². The number of rotatable bonds is 2. The van der Waals surface area contributed by atoms with Crippen molar-refractivity contribution in [3.05, 3.63) is 29.8 Å². The lowest BCUT2D eigenvalue weighted by Gasteiger charge is -2.33. The van der Waals surface area contributed by atoms with Gasteiger partial charge in [0.05, 0.1) is 18.1 Å². The minimum atomic E-state index is -3.72. The maximum Gasteiger partial charge on any atom is 0.245 e. The number of amides is 1. The average Bonchev–Trinajstić information content (AvgIpc) is 2.72. The highest BCUT2D eigenvalue weighted by atomic mass is 32.2. The Kier molecular flexibility index (Phi) is 3.51. The summed E-state index contributed by atoms with van der Waals surface area (Å²) < 4.78 is 32.3. The lowest BCUT2D eigenvalue weighted by atomic mass is 10.2. The predicted octanol–water partition coefficient (Wildman–Crippen LogP) is 0.573. The number of aryl methyl sites for hydroxylation is 1. The minimum Gasteiger partial charge on any atom is -0.376 e. The van der Waals surface area contributed by atoms with Crippen molar-refractivity contribution >= 4 is 15.9 Å². The first-order valence-corrected chi connectivity index (χ1v) is 8.35. The number of sulfonamides is 1. The number of hydrogen-bond donors (Lipinski definition) is 0. The van der Waals surface area contributed by atoms with Crippen LogP contribution in [0.3, 0.4) is 0 Å². The maximum absolute atomic E-state index is 12.8. The highest BCUT2D eigenvalue weighted by molar-refractivity contribution is 7.89. The maximum atomic E-state index is 12.8. The summed E-state index contributed by atoms with van der Waals surface area (Å²) in [5.74, 6) is -0.154. The number of morpholine rings is 1. The Morgan fingerprint density at radius 2 is 1.90 bits per heavy atom. The molecule has 1 amide bonds. The van der Waals surface area contributed by atoms with Crippen molar-refractivity contribution in [2.24, 2.45) is 0 Å². The summed E-state index contributed by atoms with van der Waals surface area (Å²) in [6, 6.07) is 5.97. The van der Waals surface area contributed by atoms with Crippen molar-refractivity contribution in [2.75, 3.05) is 19.8 Å². The molecule has 21 heavy (non-hydrogen) atoms. The Balaban J connectivity index is 2.01. The number of nitrogens with zero attached hydrogens (tertiary/aromatic N) is 2. The zero-order chi connectivity index (χ0) is 15.2. The summed E-state index contributed by atoms with van der Waals surface area (Å²) >= 11 is 0. The van der Waals surface area contributed by atoms with Crippen LogP contribution in [0.1, 0.15) is 12.5 Å². The Morgan fingerprint density at radius 1 is 1.24 bits per heavy atom. The third-order valence-corrected chi connectivity index (χ3v) is 6.00. The molecule has 6 nitrogen and oxygen atoms in total. The standard InChI is InChI=1S/C14H18N2O4S/c1-10-3-5-12(6-4-10)21(18,19)16-11(2)14(17)15-7-8-20-9-13(15)16/h3-6,11,13H,7-9H2,1-2H3/t11-,13?/m0/s1. The van der Waals surface area contributed by atoms with Crippen LogP contribution >= 0.6 is 0 Å². The molecule has 2 aliphatic heterocycles. The molecule has 0 spiro atoms. The van der Waals surface area contributed by atoms with Crippen LogP contribution < -0.4 is 0 Å². The van der Waals surface area contributed by atoms with Gasteiger partial charge in [-0.3, -0.25) is 4.79 Å². The topological polar surface area (TPSA) is 66.9 Å². The van der Waals surface area contributed by atoms with E-state index in [0.717, 1.165) is 5.56 Å². The second-order valence-corrected chi connectivity index (χ2v) is 7.25. The lowest BCUT2D eigenvalue weighted by Crippen LogP contribution is -2.50. The molecule has 2 atom stereocenters. The van der Waals surface area contributed by atoms with Gasteiger partial charge in [0.25, 0.3) is 0 Å². The predicted molar refractivity (Wildman–Crippen MR) is 76.0 cm³/mol. The van der Waals surface area contributed by atoms with Gasteiger partial charge in [0.1, 0.15) is 12.2 Å². The first-order valence-electron chi connectivity index (χ1n) is 6.91. The van der Waals surface area contributed by atoms with Gasteiger partial charge in [-0.2, -0.15) is 4.31 Å². The van der Waals surface area contributed by atoms with Gasteiger partial charge in [0.2, 0.25) is 15.9 Å². The summed E-state index contributed by atoms with van der Waals surface area (Å²) in [7, 11) is -3.72. The van der Waals surface area contributed by atoms with Crippen LogP contribution in [0.4, 0.5) is 0 Å². The summed E-state index contributed by atoms with van der Waals surface area (Å²) in [6.07, 6.45) is -0.535. The van der Waals surface area contributed by atoms with Crippen LogP contribution in [0.2, 0.25) is 0 Å². The minimum absolute atomic E-state index is 0.154. The van der Waals surface area contributed by atoms with Gasteiger partial charge in [0, 0.05) is 6.54 Å². The van der Waals surface area contributed by atoms with Crippen molar-refractivity contribution in [3.63, 3.8) is 0 Å². The van der Waals surface area contributed by atoms with E-state index in [1.54, 1.807) is 36.1 Å². The number of hydrogen-bond acceptors (Lipinski definition) is 4. The molecule has 2 fully saturated rings. The summed E-state index contributed by atoms with van der Waals surface area (Å²) in [4.78, 5) is 14.1. The van der Waals surface area contributed by atoms with Gasteiger partial charge in [-0.25, -0.2) is 8.42 Å². The van der Waals surface area contributed by atoms with E-state index < -0.39 is 22.2 Å². The molecule has 2 saturated heterocycles. The smallest absolute Gasteiger partial charge is 0.245 e. The highest BCUT2D eigenvalue weighted by Gasteiger charge is 2.50. The quantitative estimate of drug-likeness (QED) is 0.801. The van der Waals surface area contributed by atoms with Crippen molar-refractivity contribution in [3.8, 4) is 0 Å². The van der Waals surface area contributed by atoms with Crippen LogP contribution in [0, 0.1) is 6.92 Å². The second-order valence-electron chi connectivity index (χ2n) is 5.41. The fourth-order valence-corrected chi connectivity index (χ4v) is 4.59. The molecule has 0 saturated carbocycles. The van der Waals surface area contributed by atoms with E-state index >= 15 is 0 Å². The lowest BCUT2D eigenvalue weighted by molar-refractivity contribution is -0.133. The van der Waals surface area contributed by atoms with Gasteiger partial charge in [-0.1, -0.05) is 17.7 Å². The van der Waals surface area contributed by atoms with E-state index in [1.165, 1.54) is 4.31 Å². The Morgan fingerprint density at radius 3 is 2.57 bits per heavy atom. The molecule has 1 aromatic carbocycles. The fourth-order valence-electron chi connectivity index (χ4n) is 2.87. The van der Waals surface area contributed by atoms with Crippen LogP contribution in [-0.4, -0.2) is 55.5 Å². The number of carbonyl (C=O) groups is 1. The third-order valence-electron chi connectivity index (χ3n) is 4.02. The molecule has 0 aliphatic carbocycles. The van der Waals surface area contributed by atoms with E-state index in [-0.39, 0.29) is 17.4 Å². The molecular formula is C14H18N2O4S. The van der Waals surface area contributed by atoms with E-state index in [1.807, 2.05) is 6.92 Å². The summed E-state index contributed by atoms with van der Waals surface area (Å²) in [5.41, 5.74) is 0.988. The van der Waals surface area contributed by atoms with Gasteiger partial charge in [-0.15, -0.1) is 0 Å². The van der Waals surface area contributed by atoms with E-state index in [4.69, 9.17) is 4.74 Å². The largest absolute Gasteiger partial charge is 0.376 e. The Bertz CT molecular complexity index is 656. The first-order chi connectivity index (χ1) is 9.93. The molecule has 0 aromatic heterocycles. The molecule has 2 heterocycles. The van der Waals surface area contributed by atoms with Gasteiger partial charge in [0.15, 0.2) is 0 Å².